The fourth-order valence-electron chi connectivity index (χ4n) is 1.15. The van der Waals surface area contributed by atoms with Gasteiger partial charge in [0.25, 0.3) is 0 Å². The highest BCUT2D eigenvalue weighted by atomic mass is 35.5. The third-order valence-corrected chi connectivity index (χ3v) is 2.53. The molecule has 17 heavy (non-hydrogen) atoms. The van der Waals surface area contributed by atoms with Crippen LogP contribution in [-0.2, 0) is 0 Å². The summed E-state index contributed by atoms with van der Waals surface area (Å²) in [6.45, 7) is 0.570. The van der Waals surface area contributed by atoms with Crippen LogP contribution in [0.5, 0.6) is 0 Å². The molecule has 0 heterocycles. The van der Waals surface area contributed by atoms with Gasteiger partial charge in [0.1, 0.15) is 0 Å². The third-order valence-electron chi connectivity index (χ3n) is 2.28. The van der Waals surface area contributed by atoms with E-state index < -0.39 is 24.0 Å². The molecule has 1 atom stereocenters. The second-order valence-electron chi connectivity index (χ2n) is 3.88. The third kappa shape index (κ3) is 3.44. The van der Waals surface area contributed by atoms with Crippen molar-refractivity contribution in [1.29, 1.82) is 0 Å². The normalized spacial score (nSPS) is 15.4. The zero-order valence-corrected chi connectivity index (χ0v) is 9.64. The van der Waals surface area contributed by atoms with Gasteiger partial charge in [-0.1, -0.05) is 11.6 Å². The summed E-state index contributed by atoms with van der Waals surface area (Å²) in [7, 11) is 0. The van der Waals surface area contributed by atoms with Crippen LogP contribution in [0.1, 0.15) is 23.7 Å². The van der Waals surface area contributed by atoms with Crippen molar-refractivity contribution < 1.29 is 23.1 Å². The molecule has 0 fully saturated rings. The van der Waals surface area contributed by atoms with Crippen molar-refractivity contribution in [2.45, 2.75) is 25.1 Å². The molecule has 0 aliphatic carbocycles. The van der Waals surface area contributed by atoms with Gasteiger partial charge in [-0.3, -0.25) is 4.79 Å². The minimum atomic E-state index is -4.84. The van der Waals surface area contributed by atoms with Gasteiger partial charge < -0.3 is 5.11 Å². The Morgan fingerprint density at radius 3 is 2.18 bits per heavy atom. The number of benzene rings is 1. The van der Waals surface area contributed by atoms with Gasteiger partial charge >= 0.3 is 6.18 Å². The van der Waals surface area contributed by atoms with E-state index in [-0.39, 0.29) is 5.56 Å². The van der Waals surface area contributed by atoms with E-state index in [1.807, 2.05) is 0 Å². The first-order chi connectivity index (χ1) is 7.63. The maximum atomic E-state index is 12.4. The topological polar surface area (TPSA) is 37.3 Å². The minimum absolute atomic E-state index is 0.0823. The number of carbonyl (C=O) groups excluding carboxylic acids is 1. The second kappa shape index (κ2) is 4.66. The van der Waals surface area contributed by atoms with Crippen molar-refractivity contribution >= 4 is 17.4 Å². The van der Waals surface area contributed by atoms with E-state index in [1.165, 1.54) is 24.3 Å². The van der Waals surface area contributed by atoms with Crippen molar-refractivity contribution in [3.63, 3.8) is 0 Å². The Hall–Kier alpha value is -1.07. The quantitative estimate of drug-likeness (QED) is 0.853. The average Bonchev–Trinajstić information content (AvgIpc) is 2.16. The molecule has 0 bridgehead atoms. The van der Waals surface area contributed by atoms with E-state index in [1.54, 1.807) is 0 Å². The smallest absolute Gasteiger partial charge is 0.380 e. The fraction of sp³-hybridized carbons (Fsp3) is 0.364. The standard InChI is InChI=1S/C11H10ClF3O2/c1-10(17,11(13,14)15)6-9(16)7-2-4-8(12)5-3-7/h2-5,17H,6H2,1H3/t10-/m0/s1. The van der Waals surface area contributed by atoms with Crippen molar-refractivity contribution in [2.75, 3.05) is 0 Å². The van der Waals surface area contributed by atoms with E-state index >= 15 is 0 Å². The Balaban J connectivity index is 2.83. The monoisotopic (exact) mass is 266 g/mol. The lowest BCUT2D eigenvalue weighted by Crippen LogP contribution is -2.43. The maximum Gasteiger partial charge on any atom is 0.417 e. The molecule has 1 N–H and O–H groups in total. The van der Waals surface area contributed by atoms with Crippen molar-refractivity contribution in [3.8, 4) is 0 Å². The number of rotatable bonds is 3. The molecule has 0 aromatic heterocycles. The fourth-order valence-corrected chi connectivity index (χ4v) is 1.28. The zero-order valence-electron chi connectivity index (χ0n) is 8.88. The highest BCUT2D eigenvalue weighted by molar-refractivity contribution is 6.30. The number of alkyl halides is 3. The van der Waals surface area contributed by atoms with Crippen molar-refractivity contribution in [1.82, 2.24) is 0 Å². The molecule has 0 aliphatic heterocycles. The van der Waals surface area contributed by atoms with Gasteiger partial charge in [-0.05, 0) is 31.2 Å². The van der Waals surface area contributed by atoms with E-state index in [9.17, 15) is 18.0 Å². The average molecular weight is 267 g/mol. The van der Waals surface area contributed by atoms with E-state index in [0.717, 1.165) is 0 Å². The summed E-state index contributed by atoms with van der Waals surface area (Å²) in [5.74, 6) is -0.788. The van der Waals surface area contributed by atoms with Gasteiger partial charge in [-0.2, -0.15) is 13.2 Å². The van der Waals surface area contributed by atoms with E-state index in [0.29, 0.717) is 11.9 Å². The van der Waals surface area contributed by atoms with Crippen LogP contribution in [-0.4, -0.2) is 22.7 Å². The Morgan fingerprint density at radius 1 is 1.29 bits per heavy atom. The molecule has 2 nitrogen and oxygen atoms in total. The maximum absolute atomic E-state index is 12.4. The number of carbonyl (C=O) groups is 1. The number of aliphatic hydroxyl groups is 1. The van der Waals surface area contributed by atoms with Gasteiger partial charge in [0, 0.05) is 17.0 Å². The van der Waals surface area contributed by atoms with Crippen LogP contribution in [0.3, 0.4) is 0 Å². The molecule has 6 heteroatoms. The summed E-state index contributed by atoms with van der Waals surface area (Å²) in [6.07, 6.45) is -5.85. The van der Waals surface area contributed by atoms with Crippen LogP contribution >= 0.6 is 11.6 Å². The van der Waals surface area contributed by atoms with Gasteiger partial charge in [0.2, 0.25) is 0 Å². The van der Waals surface area contributed by atoms with Crippen LogP contribution in [0.25, 0.3) is 0 Å². The van der Waals surface area contributed by atoms with Crippen molar-refractivity contribution in [2.24, 2.45) is 0 Å². The largest absolute Gasteiger partial charge is 0.417 e. The van der Waals surface area contributed by atoms with Crippen LogP contribution < -0.4 is 0 Å². The highest BCUT2D eigenvalue weighted by Gasteiger charge is 2.50. The van der Waals surface area contributed by atoms with Gasteiger partial charge in [0.05, 0.1) is 0 Å². The molecular weight excluding hydrogens is 257 g/mol. The van der Waals surface area contributed by atoms with E-state index in [2.05, 4.69) is 0 Å². The number of ketones is 1. The first kappa shape index (κ1) is 14.0. The Kier molecular flexibility index (Phi) is 3.84. The first-order valence-electron chi connectivity index (χ1n) is 4.71. The highest BCUT2D eigenvalue weighted by Crippen LogP contribution is 2.33. The lowest BCUT2D eigenvalue weighted by atomic mass is 9.95. The molecule has 94 valence electrons. The molecule has 0 saturated carbocycles. The Morgan fingerprint density at radius 2 is 1.76 bits per heavy atom. The minimum Gasteiger partial charge on any atom is -0.380 e. The van der Waals surface area contributed by atoms with Gasteiger partial charge in [0.15, 0.2) is 11.4 Å². The molecule has 0 aliphatic rings. The molecule has 1 aromatic carbocycles. The molecule has 0 unspecified atom stereocenters. The van der Waals surface area contributed by atoms with Gasteiger partial charge in [-0.15, -0.1) is 0 Å². The predicted molar refractivity (Wildman–Crippen MR) is 57.1 cm³/mol. The molecule has 0 saturated heterocycles. The summed E-state index contributed by atoms with van der Waals surface area (Å²) < 4.78 is 37.1. The van der Waals surface area contributed by atoms with Crippen LogP contribution in [0.4, 0.5) is 13.2 Å². The zero-order chi connectivity index (χ0) is 13.3. The summed E-state index contributed by atoms with van der Waals surface area (Å²) in [4.78, 5) is 11.5. The molecule has 1 rings (SSSR count). The Bertz CT molecular complexity index is 410. The summed E-state index contributed by atoms with van der Waals surface area (Å²) in [5.41, 5.74) is -2.94. The SMILES string of the molecule is C[C@](O)(CC(=O)c1ccc(Cl)cc1)C(F)(F)F. The summed E-state index contributed by atoms with van der Waals surface area (Å²) in [5, 5.41) is 9.54. The lowest BCUT2D eigenvalue weighted by molar-refractivity contribution is -0.250. The van der Waals surface area contributed by atoms with Crippen LogP contribution in [0.2, 0.25) is 5.02 Å². The van der Waals surface area contributed by atoms with Crippen molar-refractivity contribution in [3.05, 3.63) is 34.9 Å². The second-order valence-corrected chi connectivity index (χ2v) is 4.31. The summed E-state index contributed by atoms with van der Waals surface area (Å²) in [6, 6.07) is 5.43. The lowest BCUT2D eigenvalue weighted by Gasteiger charge is -2.25. The van der Waals surface area contributed by atoms with Crippen LogP contribution in [0, 0.1) is 0 Å². The van der Waals surface area contributed by atoms with Crippen LogP contribution in [0.15, 0.2) is 24.3 Å². The molecular formula is C11H10ClF3O2. The number of hydrogen-bond acceptors (Lipinski definition) is 2. The number of hydrogen-bond donors (Lipinski definition) is 1. The number of Topliss-reactive ketones (excluding diaryl/α,β-unsaturated/α-hetero) is 1. The predicted octanol–water partition coefficient (Wildman–Crippen LogP) is 3.23. The Labute approximate surface area is 101 Å². The number of halogens is 4. The summed E-state index contributed by atoms with van der Waals surface area (Å²) >= 11 is 5.58. The molecule has 0 amide bonds. The molecule has 0 radical (unpaired) electrons. The first-order valence-corrected chi connectivity index (χ1v) is 5.09. The molecule has 0 spiro atoms. The van der Waals surface area contributed by atoms with E-state index in [4.69, 9.17) is 16.7 Å². The van der Waals surface area contributed by atoms with Gasteiger partial charge in [-0.25, -0.2) is 0 Å². The molecule has 1 aromatic rings.